The van der Waals surface area contributed by atoms with E-state index in [1.807, 2.05) is 18.2 Å². The molecule has 0 saturated heterocycles. The van der Waals surface area contributed by atoms with Gasteiger partial charge in [0.05, 0.1) is 18.5 Å². The van der Waals surface area contributed by atoms with Crippen LogP contribution in [0.1, 0.15) is 32.1 Å². The fourth-order valence-corrected chi connectivity index (χ4v) is 4.65. The maximum atomic E-state index is 13.7. The number of hydrogen-bond acceptors (Lipinski definition) is 6. The summed E-state index contributed by atoms with van der Waals surface area (Å²) in [5, 5.41) is 4.44. The highest BCUT2D eigenvalue weighted by Crippen LogP contribution is 2.32. The number of ether oxygens (including phenoxy) is 1. The Morgan fingerprint density at radius 1 is 1.00 bits per heavy atom. The maximum absolute atomic E-state index is 13.7. The first-order valence-corrected chi connectivity index (χ1v) is 11.1. The molecule has 10 nitrogen and oxygen atoms in total. The summed E-state index contributed by atoms with van der Waals surface area (Å²) in [6.45, 7) is 0.973. The monoisotopic (exact) mass is 468 g/mol. The van der Waals surface area contributed by atoms with Gasteiger partial charge in [0, 0.05) is 42.3 Å². The van der Waals surface area contributed by atoms with Gasteiger partial charge in [0.15, 0.2) is 5.69 Å². The third-order valence-corrected chi connectivity index (χ3v) is 6.33. The zero-order chi connectivity index (χ0) is 24.1. The van der Waals surface area contributed by atoms with Crippen LogP contribution in [0.5, 0.6) is 5.75 Å². The molecule has 0 atom stereocenters. The Morgan fingerprint density at radius 2 is 1.77 bits per heavy atom. The van der Waals surface area contributed by atoms with Crippen LogP contribution in [0, 0.1) is 0 Å². The Bertz CT molecular complexity index is 1550. The quantitative estimate of drug-likeness (QED) is 0.486. The standard InChI is InChI=1S/C25H20N6O4/c26-24(33)22-19-7-10-30(17-3-1-16(2-4-17)29-11-9-27-14-21(29)32)25(34)23(19)31(28-22)18-5-6-20-15(13-18)8-12-35-20/h1-6,9,11,13-14H,7-8,10,12H2,(H2,26,33). The van der Waals surface area contributed by atoms with Crippen LogP contribution in [0.25, 0.3) is 11.4 Å². The van der Waals surface area contributed by atoms with E-state index in [0.29, 0.717) is 47.9 Å². The molecule has 4 heterocycles. The van der Waals surface area contributed by atoms with Crippen LogP contribution in [-0.4, -0.2) is 44.3 Å². The van der Waals surface area contributed by atoms with E-state index in [-0.39, 0.29) is 17.2 Å². The molecule has 2 N–H and O–H groups in total. The molecule has 0 unspecified atom stereocenters. The van der Waals surface area contributed by atoms with E-state index in [2.05, 4.69) is 10.1 Å². The second-order valence-corrected chi connectivity index (χ2v) is 8.35. The van der Waals surface area contributed by atoms with Gasteiger partial charge in [-0.1, -0.05) is 0 Å². The van der Waals surface area contributed by atoms with E-state index >= 15 is 0 Å². The number of carbonyl (C=O) groups excluding carboxylic acids is 2. The van der Waals surface area contributed by atoms with Crippen LogP contribution in [0.3, 0.4) is 0 Å². The number of anilines is 1. The number of amides is 2. The summed E-state index contributed by atoms with van der Waals surface area (Å²) in [6.07, 6.45) is 5.56. The third-order valence-electron chi connectivity index (χ3n) is 6.33. The molecule has 2 aromatic heterocycles. The van der Waals surface area contributed by atoms with Crippen molar-refractivity contribution in [3.63, 3.8) is 0 Å². The SMILES string of the molecule is NC(=O)c1nn(-c2ccc3c(c2)CCO3)c2c1CCN(c1ccc(-n3ccncc3=O)cc1)C2=O. The van der Waals surface area contributed by atoms with E-state index in [1.54, 1.807) is 35.4 Å². The van der Waals surface area contributed by atoms with E-state index in [4.69, 9.17) is 10.5 Å². The minimum absolute atomic E-state index is 0.108. The van der Waals surface area contributed by atoms with Crippen LogP contribution in [0.4, 0.5) is 5.69 Å². The lowest BCUT2D eigenvalue weighted by atomic mass is 10.0. The summed E-state index contributed by atoms with van der Waals surface area (Å²) in [6, 6.07) is 12.7. The van der Waals surface area contributed by atoms with Crippen LogP contribution >= 0.6 is 0 Å². The normalized spacial score (nSPS) is 14.4. The molecular formula is C25H20N6O4. The van der Waals surface area contributed by atoms with Crippen LogP contribution < -0.4 is 20.9 Å². The van der Waals surface area contributed by atoms with Gasteiger partial charge in [0.25, 0.3) is 17.4 Å². The molecule has 6 rings (SSSR count). The maximum Gasteiger partial charge on any atom is 0.277 e. The average Bonchev–Trinajstić information content (AvgIpc) is 3.50. The number of hydrogen-bond donors (Lipinski definition) is 1. The van der Waals surface area contributed by atoms with Crippen molar-refractivity contribution in [2.75, 3.05) is 18.1 Å². The molecule has 2 aliphatic heterocycles. The Hall–Kier alpha value is -4.73. The molecule has 0 saturated carbocycles. The van der Waals surface area contributed by atoms with Crippen molar-refractivity contribution in [3.05, 3.63) is 93.9 Å². The number of rotatable bonds is 4. The van der Waals surface area contributed by atoms with E-state index in [0.717, 1.165) is 17.7 Å². The molecule has 2 amide bonds. The van der Waals surface area contributed by atoms with E-state index in [9.17, 15) is 14.4 Å². The highest BCUT2D eigenvalue weighted by atomic mass is 16.5. The fourth-order valence-electron chi connectivity index (χ4n) is 4.65. The predicted molar refractivity (Wildman–Crippen MR) is 126 cm³/mol. The predicted octanol–water partition coefficient (Wildman–Crippen LogP) is 1.65. The van der Waals surface area contributed by atoms with Crippen molar-refractivity contribution >= 4 is 17.5 Å². The van der Waals surface area contributed by atoms with Gasteiger partial charge in [-0.05, 0) is 54.4 Å². The summed E-state index contributed by atoms with van der Waals surface area (Å²) in [5.41, 5.74) is 9.35. The Labute approximate surface area is 199 Å². The molecule has 174 valence electrons. The summed E-state index contributed by atoms with van der Waals surface area (Å²) < 4.78 is 8.56. The van der Waals surface area contributed by atoms with Crippen LogP contribution in [0.2, 0.25) is 0 Å². The fraction of sp³-hybridized carbons (Fsp3) is 0.160. The zero-order valence-corrected chi connectivity index (χ0v) is 18.5. The summed E-state index contributed by atoms with van der Waals surface area (Å²) in [5.74, 6) is -0.138. The van der Waals surface area contributed by atoms with Crippen molar-refractivity contribution in [2.24, 2.45) is 5.73 Å². The van der Waals surface area contributed by atoms with Gasteiger partial charge >= 0.3 is 0 Å². The Balaban J connectivity index is 1.40. The van der Waals surface area contributed by atoms with Gasteiger partial charge in [-0.15, -0.1) is 0 Å². The van der Waals surface area contributed by atoms with Crippen molar-refractivity contribution in [2.45, 2.75) is 12.8 Å². The molecular weight excluding hydrogens is 448 g/mol. The van der Waals surface area contributed by atoms with Crippen LogP contribution in [-0.2, 0) is 12.8 Å². The minimum atomic E-state index is -0.669. The van der Waals surface area contributed by atoms with Gasteiger partial charge < -0.3 is 15.4 Å². The Kier molecular flexibility index (Phi) is 4.73. The second-order valence-electron chi connectivity index (χ2n) is 8.35. The lowest BCUT2D eigenvalue weighted by Crippen LogP contribution is -2.39. The number of nitrogens with two attached hydrogens (primary N) is 1. The molecule has 0 bridgehead atoms. The number of fused-ring (bicyclic) bond motifs is 2. The lowest BCUT2D eigenvalue weighted by Gasteiger charge is -2.28. The van der Waals surface area contributed by atoms with Gasteiger partial charge in [0.2, 0.25) is 0 Å². The first-order chi connectivity index (χ1) is 17.0. The summed E-state index contributed by atoms with van der Waals surface area (Å²) in [7, 11) is 0. The molecule has 0 spiro atoms. The molecule has 0 radical (unpaired) electrons. The first kappa shape index (κ1) is 20.8. The molecule has 10 heteroatoms. The molecule has 35 heavy (non-hydrogen) atoms. The number of aromatic nitrogens is 4. The van der Waals surface area contributed by atoms with E-state index in [1.165, 1.54) is 21.6 Å². The number of nitrogens with zero attached hydrogens (tertiary/aromatic N) is 5. The van der Waals surface area contributed by atoms with Gasteiger partial charge in [-0.25, -0.2) is 4.68 Å². The molecule has 4 aromatic rings. The highest BCUT2D eigenvalue weighted by Gasteiger charge is 2.34. The summed E-state index contributed by atoms with van der Waals surface area (Å²) >= 11 is 0. The molecule has 0 aliphatic carbocycles. The van der Waals surface area contributed by atoms with Gasteiger partial charge in [-0.3, -0.25) is 23.9 Å². The smallest absolute Gasteiger partial charge is 0.277 e. The summed E-state index contributed by atoms with van der Waals surface area (Å²) in [4.78, 5) is 43.4. The Morgan fingerprint density at radius 3 is 2.54 bits per heavy atom. The molecule has 2 aliphatic rings. The lowest BCUT2D eigenvalue weighted by molar-refractivity contribution is 0.0972. The number of carbonyl (C=O) groups is 2. The minimum Gasteiger partial charge on any atom is -0.493 e. The van der Waals surface area contributed by atoms with Crippen molar-refractivity contribution in [3.8, 4) is 17.1 Å². The van der Waals surface area contributed by atoms with Crippen molar-refractivity contribution in [1.29, 1.82) is 0 Å². The van der Waals surface area contributed by atoms with Gasteiger partial charge in [0.1, 0.15) is 11.4 Å². The molecule has 2 aromatic carbocycles. The van der Waals surface area contributed by atoms with E-state index < -0.39 is 5.91 Å². The number of primary amides is 1. The third kappa shape index (κ3) is 3.38. The zero-order valence-electron chi connectivity index (χ0n) is 18.5. The topological polar surface area (TPSA) is 125 Å². The van der Waals surface area contributed by atoms with Crippen molar-refractivity contribution in [1.82, 2.24) is 19.3 Å². The highest BCUT2D eigenvalue weighted by molar-refractivity contribution is 6.09. The number of benzene rings is 2. The van der Waals surface area contributed by atoms with Gasteiger partial charge in [-0.2, -0.15) is 5.10 Å². The first-order valence-electron chi connectivity index (χ1n) is 11.1. The average molecular weight is 468 g/mol. The van der Waals surface area contributed by atoms with Crippen molar-refractivity contribution < 1.29 is 14.3 Å². The molecule has 0 fully saturated rings. The largest absolute Gasteiger partial charge is 0.493 e. The second kappa shape index (κ2) is 7.94. The van der Waals surface area contributed by atoms with Crippen LogP contribution in [0.15, 0.2) is 65.8 Å².